The summed E-state index contributed by atoms with van der Waals surface area (Å²) in [6, 6.07) is 12.8. The molecule has 0 aromatic heterocycles. The monoisotopic (exact) mass is 383 g/mol. The third-order valence-electron chi connectivity index (χ3n) is 5.15. The summed E-state index contributed by atoms with van der Waals surface area (Å²) in [7, 11) is 0. The number of carbonyl (C=O) groups excluding carboxylic acids is 3. The predicted molar refractivity (Wildman–Crippen MR) is 103 cm³/mol. The molecule has 146 valence electrons. The SMILES string of the molecule is CC(=O)c1ccccc1NC(=O)COC(=O)C1(c2ccccc2F)CCCC1. The lowest BCUT2D eigenvalue weighted by atomic mass is 9.78. The largest absolute Gasteiger partial charge is 0.455 e. The van der Waals surface area contributed by atoms with Gasteiger partial charge in [-0.25, -0.2) is 4.39 Å². The molecule has 5 nitrogen and oxygen atoms in total. The van der Waals surface area contributed by atoms with Gasteiger partial charge in [0, 0.05) is 11.1 Å². The van der Waals surface area contributed by atoms with Gasteiger partial charge in [-0.05, 0) is 38.0 Å². The minimum atomic E-state index is -1.05. The topological polar surface area (TPSA) is 72.5 Å². The van der Waals surface area contributed by atoms with Crippen LogP contribution in [0.4, 0.5) is 10.1 Å². The Kier molecular flexibility index (Phi) is 5.87. The average molecular weight is 383 g/mol. The zero-order chi connectivity index (χ0) is 20.1. The number of esters is 1. The highest BCUT2D eigenvalue weighted by molar-refractivity contribution is 6.04. The van der Waals surface area contributed by atoms with Crippen LogP contribution in [0.3, 0.4) is 0 Å². The summed E-state index contributed by atoms with van der Waals surface area (Å²) >= 11 is 0. The van der Waals surface area contributed by atoms with E-state index in [2.05, 4.69) is 5.32 Å². The molecule has 1 aliphatic rings. The van der Waals surface area contributed by atoms with Crippen LogP contribution < -0.4 is 5.32 Å². The number of halogens is 1. The lowest BCUT2D eigenvalue weighted by Crippen LogP contribution is -2.37. The van der Waals surface area contributed by atoms with Crippen LogP contribution in [-0.4, -0.2) is 24.3 Å². The summed E-state index contributed by atoms with van der Waals surface area (Å²) < 4.78 is 19.6. The molecular weight excluding hydrogens is 361 g/mol. The van der Waals surface area contributed by atoms with Gasteiger partial charge in [0.1, 0.15) is 5.82 Å². The van der Waals surface area contributed by atoms with E-state index in [0.717, 1.165) is 12.8 Å². The zero-order valence-corrected chi connectivity index (χ0v) is 15.7. The molecule has 0 spiro atoms. The molecule has 3 rings (SSSR count). The maximum absolute atomic E-state index is 14.3. The quantitative estimate of drug-likeness (QED) is 0.604. The average Bonchev–Trinajstić information content (AvgIpc) is 3.17. The van der Waals surface area contributed by atoms with Crippen LogP contribution in [0.15, 0.2) is 48.5 Å². The Hall–Kier alpha value is -3.02. The number of benzene rings is 2. The Bertz CT molecular complexity index is 903. The van der Waals surface area contributed by atoms with Gasteiger partial charge in [-0.1, -0.05) is 43.2 Å². The van der Waals surface area contributed by atoms with Crippen molar-refractivity contribution in [1.82, 2.24) is 0 Å². The minimum absolute atomic E-state index is 0.183. The Morgan fingerprint density at radius 2 is 1.68 bits per heavy atom. The molecule has 0 saturated heterocycles. The van der Waals surface area contributed by atoms with Crippen molar-refractivity contribution < 1.29 is 23.5 Å². The van der Waals surface area contributed by atoms with E-state index >= 15 is 0 Å². The molecule has 0 heterocycles. The molecule has 1 aliphatic carbocycles. The second kappa shape index (κ2) is 8.33. The van der Waals surface area contributed by atoms with Gasteiger partial charge in [-0.15, -0.1) is 0 Å². The smallest absolute Gasteiger partial charge is 0.317 e. The van der Waals surface area contributed by atoms with Crippen LogP contribution in [0, 0.1) is 5.82 Å². The number of ether oxygens (including phenoxy) is 1. The molecule has 1 amide bonds. The molecule has 1 saturated carbocycles. The second-order valence-electron chi connectivity index (χ2n) is 7.00. The van der Waals surface area contributed by atoms with Gasteiger partial charge in [0.2, 0.25) is 0 Å². The standard InChI is InChI=1S/C22H22FNO4/c1-15(25)16-8-2-5-11-19(16)24-20(26)14-28-21(27)22(12-6-7-13-22)17-9-3-4-10-18(17)23/h2-5,8-11H,6-7,12-14H2,1H3,(H,24,26). The molecule has 1 fully saturated rings. The van der Waals surface area contributed by atoms with Gasteiger partial charge < -0.3 is 10.1 Å². The molecule has 0 radical (unpaired) electrons. The number of hydrogen-bond acceptors (Lipinski definition) is 4. The number of nitrogens with one attached hydrogen (secondary N) is 1. The number of carbonyl (C=O) groups is 3. The van der Waals surface area contributed by atoms with Crippen LogP contribution in [0.2, 0.25) is 0 Å². The number of Topliss-reactive ketones (excluding diaryl/α,β-unsaturated/α-hetero) is 1. The first-order valence-electron chi connectivity index (χ1n) is 9.26. The van der Waals surface area contributed by atoms with Crippen molar-refractivity contribution in [1.29, 1.82) is 0 Å². The van der Waals surface area contributed by atoms with Crippen LogP contribution in [0.25, 0.3) is 0 Å². The van der Waals surface area contributed by atoms with E-state index < -0.39 is 29.7 Å². The zero-order valence-electron chi connectivity index (χ0n) is 15.7. The summed E-state index contributed by atoms with van der Waals surface area (Å²) in [4.78, 5) is 36.7. The third-order valence-corrected chi connectivity index (χ3v) is 5.15. The number of amides is 1. The first kappa shape index (κ1) is 19.7. The summed E-state index contributed by atoms with van der Waals surface area (Å²) in [5.74, 6) is -1.77. The number of rotatable bonds is 6. The number of anilines is 1. The van der Waals surface area contributed by atoms with Crippen LogP contribution in [0.1, 0.15) is 48.5 Å². The normalized spacial score (nSPS) is 15.1. The summed E-state index contributed by atoms with van der Waals surface area (Å²) in [5.41, 5.74) is 0.00415. The second-order valence-corrected chi connectivity index (χ2v) is 7.00. The van der Waals surface area contributed by atoms with Crippen molar-refractivity contribution in [3.63, 3.8) is 0 Å². The fourth-order valence-electron chi connectivity index (χ4n) is 3.77. The van der Waals surface area contributed by atoms with Gasteiger partial charge in [-0.2, -0.15) is 0 Å². The summed E-state index contributed by atoms with van der Waals surface area (Å²) in [6.45, 7) is 0.907. The van der Waals surface area contributed by atoms with E-state index in [0.29, 0.717) is 29.7 Å². The molecule has 0 unspecified atom stereocenters. The Morgan fingerprint density at radius 1 is 1.04 bits per heavy atom. The number of ketones is 1. The van der Waals surface area contributed by atoms with E-state index in [9.17, 15) is 18.8 Å². The minimum Gasteiger partial charge on any atom is -0.455 e. The first-order chi connectivity index (χ1) is 13.4. The maximum atomic E-state index is 14.3. The molecule has 0 bridgehead atoms. The van der Waals surface area contributed by atoms with Crippen LogP contribution in [0.5, 0.6) is 0 Å². The van der Waals surface area contributed by atoms with Crippen molar-refractivity contribution in [2.24, 2.45) is 0 Å². The van der Waals surface area contributed by atoms with Gasteiger partial charge in [-0.3, -0.25) is 14.4 Å². The van der Waals surface area contributed by atoms with Gasteiger partial charge in [0.25, 0.3) is 5.91 Å². The summed E-state index contributed by atoms with van der Waals surface area (Å²) in [5, 5.41) is 2.59. The van der Waals surface area contributed by atoms with Crippen molar-refractivity contribution in [2.75, 3.05) is 11.9 Å². The predicted octanol–water partition coefficient (Wildman–Crippen LogP) is 4.02. The van der Waals surface area contributed by atoms with Crippen molar-refractivity contribution in [3.05, 3.63) is 65.5 Å². The Balaban J connectivity index is 1.70. The Morgan fingerprint density at radius 3 is 2.36 bits per heavy atom. The molecule has 0 atom stereocenters. The van der Waals surface area contributed by atoms with E-state index in [1.807, 2.05) is 0 Å². The number of para-hydroxylation sites is 1. The fraction of sp³-hybridized carbons (Fsp3) is 0.318. The molecule has 1 N–H and O–H groups in total. The lowest BCUT2D eigenvalue weighted by Gasteiger charge is -2.27. The van der Waals surface area contributed by atoms with Crippen molar-refractivity contribution in [2.45, 2.75) is 38.0 Å². The van der Waals surface area contributed by atoms with Crippen molar-refractivity contribution in [3.8, 4) is 0 Å². The molecule has 6 heteroatoms. The number of hydrogen-bond donors (Lipinski definition) is 1. The molecule has 0 aliphatic heterocycles. The van der Waals surface area contributed by atoms with Crippen LogP contribution in [-0.2, 0) is 19.7 Å². The molecule has 2 aromatic rings. The first-order valence-corrected chi connectivity index (χ1v) is 9.26. The highest BCUT2D eigenvalue weighted by Crippen LogP contribution is 2.43. The van der Waals surface area contributed by atoms with Gasteiger partial charge in [0.05, 0.1) is 11.1 Å². The van der Waals surface area contributed by atoms with E-state index in [-0.39, 0.29) is 5.78 Å². The van der Waals surface area contributed by atoms with E-state index in [1.165, 1.54) is 13.0 Å². The molecule has 2 aromatic carbocycles. The lowest BCUT2D eigenvalue weighted by molar-refractivity contribution is -0.153. The van der Waals surface area contributed by atoms with Crippen LogP contribution >= 0.6 is 0 Å². The highest BCUT2D eigenvalue weighted by atomic mass is 19.1. The highest BCUT2D eigenvalue weighted by Gasteiger charge is 2.45. The van der Waals surface area contributed by atoms with Crippen molar-refractivity contribution >= 4 is 23.3 Å². The molecular formula is C22H22FNO4. The van der Waals surface area contributed by atoms with Gasteiger partial charge in [0.15, 0.2) is 12.4 Å². The maximum Gasteiger partial charge on any atom is 0.317 e. The van der Waals surface area contributed by atoms with E-state index in [4.69, 9.17) is 4.74 Å². The third kappa shape index (κ3) is 3.96. The van der Waals surface area contributed by atoms with Gasteiger partial charge >= 0.3 is 5.97 Å². The Labute approximate surface area is 162 Å². The summed E-state index contributed by atoms with van der Waals surface area (Å²) in [6.07, 6.45) is 2.56. The fourth-order valence-corrected chi connectivity index (χ4v) is 3.77. The molecule has 28 heavy (non-hydrogen) atoms. The van der Waals surface area contributed by atoms with E-state index in [1.54, 1.807) is 42.5 Å².